The molecule has 100 valence electrons. The van der Waals surface area contributed by atoms with Crippen LogP contribution in [0.25, 0.3) is 11.2 Å². The minimum absolute atomic E-state index is 0.579. The summed E-state index contributed by atoms with van der Waals surface area (Å²) in [6.45, 7) is 6.89. The highest BCUT2D eigenvalue weighted by Crippen LogP contribution is 2.18. The van der Waals surface area contributed by atoms with Crippen LogP contribution in [0.15, 0.2) is 12.7 Å². The molecule has 3 saturated heterocycles. The van der Waals surface area contributed by atoms with Crippen LogP contribution in [0.5, 0.6) is 0 Å². The highest BCUT2D eigenvalue weighted by Gasteiger charge is 2.31. The molecule has 7 nitrogen and oxygen atoms in total. The lowest BCUT2D eigenvalue weighted by atomic mass is 10.1. The van der Waals surface area contributed by atoms with Gasteiger partial charge in [-0.3, -0.25) is 9.80 Å². The Morgan fingerprint density at radius 1 is 1.21 bits per heavy atom. The Morgan fingerprint density at radius 3 is 2.89 bits per heavy atom. The lowest BCUT2D eigenvalue weighted by Gasteiger charge is -2.47. The summed E-state index contributed by atoms with van der Waals surface area (Å²) < 4.78 is 0. The molecule has 1 atom stereocenters. The van der Waals surface area contributed by atoms with Crippen molar-refractivity contribution in [3.8, 4) is 0 Å². The first-order valence-corrected chi connectivity index (χ1v) is 6.74. The first-order chi connectivity index (χ1) is 9.40. The van der Waals surface area contributed by atoms with E-state index in [0.29, 0.717) is 11.7 Å². The third kappa shape index (κ3) is 1.95. The Labute approximate surface area is 111 Å². The normalized spacial score (nSPS) is 29.8. The maximum atomic E-state index is 4.30. The zero-order valence-corrected chi connectivity index (χ0v) is 10.7. The van der Waals surface area contributed by atoms with Gasteiger partial charge in [0.25, 0.3) is 0 Å². The molecule has 5 rings (SSSR count). The van der Waals surface area contributed by atoms with Gasteiger partial charge < -0.3 is 10.3 Å². The van der Waals surface area contributed by atoms with Crippen molar-refractivity contribution in [1.82, 2.24) is 29.7 Å². The van der Waals surface area contributed by atoms with E-state index in [1.807, 2.05) is 0 Å². The van der Waals surface area contributed by atoms with Gasteiger partial charge in [-0.2, -0.15) is 0 Å². The molecular formula is C12H17N7. The number of rotatable bonds is 3. The Bertz CT molecular complexity index is 572. The fourth-order valence-corrected chi connectivity index (χ4v) is 3.03. The van der Waals surface area contributed by atoms with Crippen LogP contribution < -0.4 is 5.32 Å². The van der Waals surface area contributed by atoms with E-state index in [0.717, 1.165) is 24.4 Å². The van der Waals surface area contributed by atoms with Gasteiger partial charge in [-0.05, 0) is 0 Å². The first kappa shape index (κ1) is 11.1. The Balaban J connectivity index is 1.49. The highest BCUT2D eigenvalue weighted by molar-refractivity contribution is 5.81. The molecule has 3 aliphatic heterocycles. The van der Waals surface area contributed by atoms with E-state index in [1.165, 1.54) is 26.2 Å². The molecule has 3 aliphatic rings. The molecule has 3 fully saturated rings. The van der Waals surface area contributed by atoms with E-state index in [1.54, 1.807) is 12.7 Å². The maximum absolute atomic E-state index is 4.30. The van der Waals surface area contributed by atoms with Crippen molar-refractivity contribution in [1.29, 1.82) is 0 Å². The number of anilines is 1. The van der Waals surface area contributed by atoms with Crippen molar-refractivity contribution in [3.63, 3.8) is 0 Å². The van der Waals surface area contributed by atoms with Crippen LogP contribution in [-0.2, 0) is 0 Å². The van der Waals surface area contributed by atoms with Crippen LogP contribution in [0.3, 0.4) is 0 Å². The molecule has 2 bridgehead atoms. The van der Waals surface area contributed by atoms with Crippen LogP contribution >= 0.6 is 0 Å². The van der Waals surface area contributed by atoms with E-state index in [-0.39, 0.29) is 0 Å². The molecule has 2 N–H and O–H groups in total. The van der Waals surface area contributed by atoms with E-state index < -0.39 is 0 Å². The third-order valence-electron chi connectivity index (χ3n) is 4.12. The minimum atomic E-state index is 0.579. The molecule has 2 aromatic rings. The lowest BCUT2D eigenvalue weighted by Crippen LogP contribution is -2.62. The average molecular weight is 259 g/mol. The average Bonchev–Trinajstić information content (AvgIpc) is 2.95. The summed E-state index contributed by atoms with van der Waals surface area (Å²) in [5.41, 5.74) is 1.60. The van der Waals surface area contributed by atoms with Gasteiger partial charge >= 0.3 is 0 Å². The van der Waals surface area contributed by atoms with Gasteiger partial charge in [0.05, 0.1) is 6.33 Å². The van der Waals surface area contributed by atoms with Crippen molar-refractivity contribution in [3.05, 3.63) is 12.7 Å². The van der Waals surface area contributed by atoms with Crippen molar-refractivity contribution < 1.29 is 0 Å². The topological polar surface area (TPSA) is 73.0 Å². The van der Waals surface area contributed by atoms with E-state index in [2.05, 4.69) is 35.1 Å². The number of nitrogens with one attached hydrogen (secondary N) is 2. The summed E-state index contributed by atoms with van der Waals surface area (Å²) >= 11 is 0. The molecule has 0 radical (unpaired) electrons. The lowest BCUT2D eigenvalue weighted by molar-refractivity contribution is 0.0189. The Morgan fingerprint density at radius 2 is 2.11 bits per heavy atom. The first-order valence-electron chi connectivity index (χ1n) is 6.74. The number of H-pyrrole nitrogens is 1. The van der Waals surface area contributed by atoms with Gasteiger partial charge in [0.1, 0.15) is 11.8 Å². The number of piperazine rings is 3. The smallest absolute Gasteiger partial charge is 0.182 e. The zero-order chi connectivity index (χ0) is 12.7. The standard InChI is InChI=1S/C12H17N7/c1-3-19-4-2-18(1)6-9(19)5-13-11-10-12(15-7-14-10)17-8-16-11/h7-9H,1-6H2,(H2,13,14,15,16,17). The molecular weight excluding hydrogens is 242 g/mol. The second kappa shape index (κ2) is 4.43. The molecule has 0 saturated carbocycles. The predicted octanol–water partition coefficient (Wildman–Crippen LogP) is -0.235. The number of hydrogen-bond acceptors (Lipinski definition) is 6. The van der Waals surface area contributed by atoms with Crippen molar-refractivity contribution in [2.75, 3.05) is 44.6 Å². The summed E-state index contributed by atoms with van der Waals surface area (Å²) in [6, 6.07) is 0.579. The number of aromatic nitrogens is 4. The third-order valence-corrected chi connectivity index (χ3v) is 4.12. The van der Waals surface area contributed by atoms with E-state index in [9.17, 15) is 0 Å². The van der Waals surface area contributed by atoms with Gasteiger partial charge in [0, 0.05) is 45.3 Å². The van der Waals surface area contributed by atoms with Crippen molar-refractivity contribution >= 4 is 17.0 Å². The van der Waals surface area contributed by atoms with Crippen LogP contribution in [-0.4, -0.2) is 75.0 Å². The quantitative estimate of drug-likeness (QED) is 0.793. The molecule has 0 amide bonds. The van der Waals surface area contributed by atoms with Gasteiger partial charge in [-0.15, -0.1) is 0 Å². The second-order valence-corrected chi connectivity index (χ2v) is 5.19. The summed E-state index contributed by atoms with van der Waals surface area (Å²) in [5, 5.41) is 3.44. The molecule has 2 aromatic heterocycles. The van der Waals surface area contributed by atoms with Crippen molar-refractivity contribution in [2.24, 2.45) is 0 Å². The van der Waals surface area contributed by atoms with Gasteiger partial charge in [-0.1, -0.05) is 0 Å². The fraction of sp³-hybridized carbons (Fsp3) is 0.583. The van der Waals surface area contributed by atoms with Crippen LogP contribution in [0.4, 0.5) is 5.82 Å². The molecule has 0 spiro atoms. The Hall–Kier alpha value is -1.73. The van der Waals surface area contributed by atoms with Crippen LogP contribution in [0, 0.1) is 0 Å². The largest absolute Gasteiger partial charge is 0.367 e. The monoisotopic (exact) mass is 259 g/mol. The molecule has 7 heteroatoms. The minimum Gasteiger partial charge on any atom is -0.367 e. The molecule has 1 unspecified atom stereocenters. The summed E-state index contributed by atoms with van der Waals surface area (Å²) in [4.78, 5) is 20.8. The van der Waals surface area contributed by atoms with E-state index in [4.69, 9.17) is 0 Å². The fourth-order valence-electron chi connectivity index (χ4n) is 3.03. The molecule has 0 aliphatic carbocycles. The SMILES string of the molecule is c1nc(NCC2CN3CCN2CC3)c2[nH]cnc2n1. The molecule has 19 heavy (non-hydrogen) atoms. The number of fused-ring (bicyclic) bond motifs is 4. The molecule has 5 heterocycles. The predicted molar refractivity (Wildman–Crippen MR) is 72.0 cm³/mol. The number of nitrogens with zero attached hydrogens (tertiary/aromatic N) is 5. The van der Waals surface area contributed by atoms with Gasteiger partial charge in [0.15, 0.2) is 11.5 Å². The van der Waals surface area contributed by atoms with Crippen LogP contribution in [0.2, 0.25) is 0 Å². The van der Waals surface area contributed by atoms with Crippen LogP contribution in [0.1, 0.15) is 0 Å². The number of aromatic amines is 1. The highest BCUT2D eigenvalue weighted by atomic mass is 15.3. The Kier molecular flexibility index (Phi) is 2.59. The molecule has 0 aromatic carbocycles. The number of imidazole rings is 1. The second-order valence-electron chi connectivity index (χ2n) is 5.19. The van der Waals surface area contributed by atoms with Gasteiger partial charge in [0.2, 0.25) is 0 Å². The summed E-state index contributed by atoms with van der Waals surface area (Å²) in [5.74, 6) is 0.847. The maximum Gasteiger partial charge on any atom is 0.182 e. The van der Waals surface area contributed by atoms with Gasteiger partial charge in [-0.25, -0.2) is 15.0 Å². The summed E-state index contributed by atoms with van der Waals surface area (Å²) in [7, 11) is 0. The number of hydrogen-bond donors (Lipinski definition) is 2. The van der Waals surface area contributed by atoms with E-state index >= 15 is 0 Å². The zero-order valence-electron chi connectivity index (χ0n) is 10.7. The summed E-state index contributed by atoms with van der Waals surface area (Å²) in [6.07, 6.45) is 3.21. The van der Waals surface area contributed by atoms with Crippen molar-refractivity contribution in [2.45, 2.75) is 6.04 Å².